The van der Waals surface area contributed by atoms with Gasteiger partial charge in [0.2, 0.25) is 5.88 Å². The van der Waals surface area contributed by atoms with Crippen molar-refractivity contribution in [1.29, 1.82) is 0 Å². The highest BCUT2D eigenvalue weighted by atomic mass is 16.5. The van der Waals surface area contributed by atoms with Crippen LogP contribution < -0.4 is 9.47 Å². The fourth-order valence-electron chi connectivity index (χ4n) is 1.74. The zero-order chi connectivity index (χ0) is 13.7. The molecule has 0 saturated carbocycles. The fourth-order valence-corrected chi connectivity index (χ4v) is 1.74. The molecule has 1 aromatic carbocycles. The summed E-state index contributed by atoms with van der Waals surface area (Å²) < 4.78 is 10.4. The molecule has 0 aliphatic rings. The summed E-state index contributed by atoms with van der Waals surface area (Å²) in [6.07, 6.45) is -0.874. The molecule has 1 N–H and O–H groups in total. The summed E-state index contributed by atoms with van der Waals surface area (Å²) in [6, 6.07) is 10.7. The van der Waals surface area contributed by atoms with E-state index in [9.17, 15) is 5.11 Å². The smallest absolute Gasteiger partial charge is 0.233 e. The van der Waals surface area contributed by atoms with Crippen LogP contribution in [0, 0.1) is 0 Å². The van der Waals surface area contributed by atoms with Crippen LogP contribution >= 0.6 is 0 Å². The number of rotatable bonds is 5. The van der Waals surface area contributed by atoms with Crippen molar-refractivity contribution < 1.29 is 14.6 Å². The first kappa shape index (κ1) is 13.3. The molecule has 1 aromatic heterocycles. The quantitative estimate of drug-likeness (QED) is 0.890. The summed E-state index contributed by atoms with van der Waals surface area (Å²) in [6.45, 7) is 2.44. The van der Waals surface area contributed by atoms with E-state index in [1.54, 1.807) is 12.1 Å². The van der Waals surface area contributed by atoms with Crippen LogP contribution in [0.2, 0.25) is 0 Å². The monoisotopic (exact) mass is 260 g/mol. The van der Waals surface area contributed by atoms with E-state index in [4.69, 9.17) is 9.47 Å². The molecule has 5 nitrogen and oxygen atoms in total. The Morgan fingerprint density at radius 3 is 2.58 bits per heavy atom. The van der Waals surface area contributed by atoms with E-state index in [1.165, 1.54) is 7.11 Å². The lowest BCUT2D eigenvalue weighted by Crippen LogP contribution is -2.06. The molecule has 1 atom stereocenters. The van der Waals surface area contributed by atoms with Gasteiger partial charge in [-0.2, -0.15) is 0 Å². The van der Waals surface area contributed by atoms with Crippen LogP contribution in [-0.2, 0) is 0 Å². The number of hydrogen-bond donors (Lipinski definition) is 1. The number of aliphatic hydroxyl groups excluding tert-OH is 1. The predicted octanol–water partition coefficient (Wildman–Crippen LogP) is 1.97. The van der Waals surface area contributed by atoms with Gasteiger partial charge >= 0.3 is 0 Å². The molecule has 0 fully saturated rings. The second-order valence-corrected chi connectivity index (χ2v) is 3.87. The highest BCUT2D eigenvalue weighted by molar-refractivity contribution is 5.38. The lowest BCUT2D eigenvalue weighted by atomic mass is 10.1. The number of methoxy groups -OCH3 is 1. The molecule has 0 amide bonds. The molecule has 2 rings (SSSR count). The molecular weight excluding hydrogens is 244 g/mol. The van der Waals surface area contributed by atoms with Crippen molar-refractivity contribution in [2.24, 2.45) is 0 Å². The maximum atomic E-state index is 10.3. The predicted molar refractivity (Wildman–Crippen MR) is 70.3 cm³/mol. The average Bonchev–Trinajstić information content (AvgIpc) is 2.47. The number of hydrogen-bond acceptors (Lipinski definition) is 5. The molecule has 0 aliphatic carbocycles. The van der Waals surface area contributed by atoms with Crippen LogP contribution in [0.5, 0.6) is 11.6 Å². The SMILES string of the molecule is CCOc1ccccc1C(O)c1ccc(OC)nn1. The van der Waals surface area contributed by atoms with Gasteiger partial charge in [-0.3, -0.25) is 0 Å². The molecule has 0 bridgehead atoms. The van der Waals surface area contributed by atoms with Gasteiger partial charge in [-0.05, 0) is 19.1 Å². The van der Waals surface area contributed by atoms with Crippen LogP contribution in [0.25, 0.3) is 0 Å². The van der Waals surface area contributed by atoms with Gasteiger partial charge in [0, 0.05) is 11.6 Å². The molecular formula is C14H16N2O3. The third-order valence-corrected chi connectivity index (χ3v) is 2.66. The van der Waals surface area contributed by atoms with Crippen molar-refractivity contribution >= 4 is 0 Å². The van der Waals surface area contributed by atoms with Crippen LogP contribution in [0.1, 0.15) is 24.3 Å². The molecule has 19 heavy (non-hydrogen) atoms. The zero-order valence-electron chi connectivity index (χ0n) is 10.9. The largest absolute Gasteiger partial charge is 0.493 e. The van der Waals surface area contributed by atoms with Crippen molar-refractivity contribution in [3.8, 4) is 11.6 Å². The van der Waals surface area contributed by atoms with Gasteiger partial charge in [0.05, 0.1) is 19.4 Å². The van der Waals surface area contributed by atoms with Gasteiger partial charge in [-0.25, -0.2) is 0 Å². The number of nitrogens with zero attached hydrogens (tertiary/aromatic N) is 2. The standard InChI is InChI=1S/C14H16N2O3/c1-3-19-12-7-5-4-6-10(12)14(17)11-8-9-13(18-2)16-15-11/h4-9,14,17H,3H2,1-2H3. The minimum atomic E-state index is -0.874. The van der Waals surface area contributed by atoms with Crippen molar-refractivity contribution in [3.63, 3.8) is 0 Å². The summed E-state index contributed by atoms with van der Waals surface area (Å²) in [5.74, 6) is 1.06. The first-order chi connectivity index (χ1) is 9.26. The van der Waals surface area contributed by atoms with E-state index in [1.807, 2.05) is 31.2 Å². The van der Waals surface area contributed by atoms with Crippen molar-refractivity contribution in [2.45, 2.75) is 13.0 Å². The summed E-state index contributed by atoms with van der Waals surface area (Å²) in [4.78, 5) is 0. The van der Waals surface area contributed by atoms with Crippen LogP contribution in [0.15, 0.2) is 36.4 Å². The molecule has 0 saturated heterocycles. The molecule has 1 heterocycles. The van der Waals surface area contributed by atoms with E-state index < -0.39 is 6.10 Å². The average molecular weight is 260 g/mol. The molecule has 100 valence electrons. The van der Waals surface area contributed by atoms with E-state index in [0.29, 0.717) is 29.5 Å². The maximum absolute atomic E-state index is 10.3. The Labute approximate surface area is 111 Å². The summed E-state index contributed by atoms with van der Waals surface area (Å²) in [5.41, 5.74) is 1.12. The van der Waals surface area contributed by atoms with Gasteiger partial charge in [0.15, 0.2) is 0 Å². The Balaban J connectivity index is 2.29. The number of para-hydroxylation sites is 1. The zero-order valence-corrected chi connectivity index (χ0v) is 10.9. The molecule has 1 unspecified atom stereocenters. The highest BCUT2D eigenvalue weighted by Gasteiger charge is 2.17. The highest BCUT2D eigenvalue weighted by Crippen LogP contribution is 2.28. The second kappa shape index (κ2) is 6.15. The van der Waals surface area contributed by atoms with E-state index in [2.05, 4.69) is 10.2 Å². The van der Waals surface area contributed by atoms with Crippen LogP contribution in [0.3, 0.4) is 0 Å². The van der Waals surface area contributed by atoms with Gasteiger partial charge in [-0.1, -0.05) is 18.2 Å². The van der Waals surface area contributed by atoms with Crippen LogP contribution in [0.4, 0.5) is 0 Å². The Bertz CT molecular complexity index is 528. The molecule has 0 aliphatic heterocycles. The molecule has 0 spiro atoms. The van der Waals surface area contributed by atoms with Crippen molar-refractivity contribution in [1.82, 2.24) is 10.2 Å². The number of ether oxygens (including phenoxy) is 2. The summed E-state index contributed by atoms with van der Waals surface area (Å²) in [5, 5.41) is 18.1. The number of aromatic nitrogens is 2. The minimum Gasteiger partial charge on any atom is -0.493 e. The lowest BCUT2D eigenvalue weighted by molar-refractivity contribution is 0.205. The van der Waals surface area contributed by atoms with Gasteiger partial charge in [0.25, 0.3) is 0 Å². The fraction of sp³-hybridized carbons (Fsp3) is 0.286. The van der Waals surface area contributed by atoms with E-state index in [0.717, 1.165) is 0 Å². The van der Waals surface area contributed by atoms with E-state index >= 15 is 0 Å². The topological polar surface area (TPSA) is 64.5 Å². The maximum Gasteiger partial charge on any atom is 0.233 e. The second-order valence-electron chi connectivity index (χ2n) is 3.87. The number of aliphatic hydroxyl groups is 1. The molecule has 0 radical (unpaired) electrons. The molecule has 2 aromatic rings. The minimum absolute atomic E-state index is 0.411. The van der Waals surface area contributed by atoms with Gasteiger partial charge in [0.1, 0.15) is 11.9 Å². The van der Waals surface area contributed by atoms with Gasteiger partial charge in [-0.15, -0.1) is 10.2 Å². The first-order valence-corrected chi connectivity index (χ1v) is 6.03. The van der Waals surface area contributed by atoms with Crippen molar-refractivity contribution in [2.75, 3.05) is 13.7 Å². The van der Waals surface area contributed by atoms with Gasteiger partial charge < -0.3 is 14.6 Å². The third kappa shape index (κ3) is 3.00. The Morgan fingerprint density at radius 1 is 1.16 bits per heavy atom. The number of benzene rings is 1. The summed E-state index contributed by atoms with van der Waals surface area (Å²) in [7, 11) is 1.52. The first-order valence-electron chi connectivity index (χ1n) is 6.03. The lowest BCUT2D eigenvalue weighted by Gasteiger charge is -2.14. The normalized spacial score (nSPS) is 11.9. The van der Waals surface area contributed by atoms with E-state index in [-0.39, 0.29) is 0 Å². The Kier molecular flexibility index (Phi) is 4.30. The molecule has 5 heteroatoms. The Morgan fingerprint density at radius 2 is 1.95 bits per heavy atom. The Hall–Kier alpha value is -2.14. The van der Waals surface area contributed by atoms with Crippen LogP contribution in [-0.4, -0.2) is 29.0 Å². The third-order valence-electron chi connectivity index (χ3n) is 2.66. The summed E-state index contributed by atoms with van der Waals surface area (Å²) >= 11 is 0. The van der Waals surface area contributed by atoms with Crippen molar-refractivity contribution in [3.05, 3.63) is 47.7 Å².